The van der Waals surface area contributed by atoms with Gasteiger partial charge in [-0.3, -0.25) is 9.55 Å². The summed E-state index contributed by atoms with van der Waals surface area (Å²) in [6.45, 7) is 3.04. The van der Waals surface area contributed by atoms with Gasteiger partial charge in [-0.05, 0) is 60.1 Å². The Morgan fingerprint density at radius 2 is 1.84 bits per heavy atom. The van der Waals surface area contributed by atoms with Crippen LogP contribution < -0.4 is 9.47 Å². The van der Waals surface area contributed by atoms with Gasteiger partial charge in [0, 0.05) is 10.7 Å². The minimum absolute atomic E-state index is 0.00939. The number of hydrogen-bond donors (Lipinski definition) is 1. The molecule has 2 atom stereocenters. The molecule has 10 nitrogen and oxygen atoms in total. The Morgan fingerprint density at radius 3 is 2.41 bits per heavy atom. The van der Waals surface area contributed by atoms with E-state index in [9.17, 15) is 17.9 Å². The standard InChI is InChI=1S/C24H24BrFN4O6S/c1-13-8-9-19(36-13)24-29-28-20(30(24)22-17(34-3)6-5-7-18(22)35-4)12-37(32,33)14(2)23(31)21-16(26)10-15(25)11-27-21/h5-11,14,23,31H,12H2,1-4H3/t14-,23-/m0/s1. The molecule has 0 bridgehead atoms. The molecule has 1 N–H and O–H groups in total. The van der Waals surface area contributed by atoms with Crippen molar-refractivity contribution in [3.8, 4) is 28.8 Å². The summed E-state index contributed by atoms with van der Waals surface area (Å²) in [6, 6.07) is 9.61. The zero-order valence-electron chi connectivity index (χ0n) is 20.3. The van der Waals surface area contributed by atoms with Crippen molar-refractivity contribution < 1.29 is 31.8 Å². The lowest BCUT2D eigenvalue weighted by molar-refractivity contribution is 0.166. The Bertz CT molecular complexity index is 1520. The average molecular weight is 595 g/mol. The summed E-state index contributed by atoms with van der Waals surface area (Å²) >= 11 is 3.09. The van der Waals surface area contributed by atoms with Crippen molar-refractivity contribution in [2.24, 2.45) is 0 Å². The molecule has 1 aromatic carbocycles. The highest BCUT2D eigenvalue weighted by molar-refractivity contribution is 9.10. The van der Waals surface area contributed by atoms with Gasteiger partial charge in [-0.15, -0.1) is 10.2 Å². The smallest absolute Gasteiger partial charge is 0.204 e. The molecule has 196 valence electrons. The molecule has 3 heterocycles. The molecule has 0 spiro atoms. The fourth-order valence-electron chi connectivity index (χ4n) is 3.78. The van der Waals surface area contributed by atoms with E-state index in [1.54, 1.807) is 37.3 Å². The van der Waals surface area contributed by atoms with Crippen LogP contribution in [0.1, 0.15) is 30.3 Å². The molecule has 0 amide bonds. The van der Waals surface area contributed by atoms with Crippen molar-refractivity contribution in [3.05, 3.63) is 70.2 Å². The number of hydrogen-bond acceptors (Lipinski definition) is 9. The quantitative estimate of drug-likeness (QED) is 0.303. The van der Waals surface area contributed by atoms with E-state index in [1.165, 1.54) is 31.9 Å². The number of aryl methyl sites for hydroxylation is 1. The lowest BCUT2D eigenvalue weighted by Crippen LogP contribution is -2.29. The number of methoxy groups -OCH3 is 2. The van der Waals surface area contributed by atoms with Crippen molar-refractivity contribution >= 4 is 25.8 Å². The lowest BCUT2D eigenvalue weighted by atomic mass is 10.2. The third-order valence-electron chi connectivity index (χ3n) is 5.77. The summed E-state index contributed by atoms with van der Waals surface area (Å²) in [5.41, 5.74) is -0.0144. The van der Waals surface area contributed by atoms with Crippen molar-refractivity contribution in [2.45, 2.75) is 31.0 Å². The zero-order chi connectivity index (χ0) is 26.9. The first-order valence-electron chi connectivity index (χ1n) is 11.0. The van der Waals surface area contributed by atoms with E-state index in [1.807, 2.05) is 0 Å². The Morgan fingerprint density at radius 1 is 1.16 bits per heavy atom. The van der Waals surface area contributed by atoms with Crippen LogP contribution in [0.3, 0.4) is 0 Å². The topological polar surface area (TPSA) is 130 Å². The van der Waals surface area contributed by atoms with Crippen LogP contribution >= 0.6 is 15.9 Å². The van der Waals surface area contributed by atoms with Crippen molar-refractivity contribution in [1.82, 2.24) is 19.7 Å². The molecule has 0 fully saturated rings. The maximum absolute atomic E-state index is 14.4. The van der Waals surface area contributed by atoms with Gasteiger partial charge < -0.3 is 19.0 Å². The normalized spacial score (nSPS) is 13.4. The van der Waals surface area contributed by atoms with Gasteiger partial charge in [0.15, 0.2) is 21.4 Å². The van der Waals surface area contributed by atoms with E-state index in [-0.39, 0.29) is 17.3 Å². The number of aliphatic hydroxyl groups is 1. The van der Waals surface area contributed by atoms with E-state index < -0.39 is 32.8 Å². The Balaban J connectivity index is 1.82. The molecule has 0 unspecified atom stereocenters. The van der Waals surface area contributed by atoms with Crippen LogP contribution in [-0.2, 0) is 15.6 Å². The number of benzene rings is 1. The van der Waals surface area contributed by atoms with Crippen LogP contribution in [0.2, 0.25) is 0 Å². The third-order valence-corrected chi connectivity index (χ3v) is 8.26. The minimum Gasteiger partial charge on any atom is -0.494 e. The van der Waals surface area contributed by atoms with Gasteiger partial charge in [0.05, 0.1) is 19.5 Å². The number of sulfone groups is 1. The van der Waals surface area contributed by atoms with Gasteiger partial charge >= 0.3 is 0 Å². The summed E-state index contributed by atoms with van der Waals surface area (Å²) in [6.07, 6.45) is -0.439. The average Bonchev–Trinajstić information content (AvgIpc) is 3.47. The molecule has 37 heavy (non-hydrogen) atoms. The second kappa shape index (κ2) is 10.6. The molecular formula is C24H24BrFN4O6S. The first kappa shape index (κ1) is 26.8. The first-order valence-corrected chi connectivity index (χ1v) is 13.5. The molecule has 0 saturated carbocycles. The molecule has 3 aromatic heterocycles. The number of furan rings is 1. The SMILES string of the molecule is COc1cccc(OC)c1-n1c(CS(=O)(=O)[C@@H](C)[C@H](O)c2ncc(Br)cc2F)nnc1-c1ccc(C)o1. The van der Waals surface area contributed by atoms with Crippen LogP contribution in [0.15, 0.2) is 51.5 Å². The van der Waals surface area contributed by atoms with Crippen molar-refractivity contribution in [2.75, 3.05) is 14.2 Å². The van der Waals surface area contributed by atoms with E-state index in [0.29, 0.717) is 33.2 Å². The second-order valence-corrected chi connectivity index (χ2v) is 11.4. The number of rotatable bonds is 9. The van der Waals surface area contributed by atoms with E-state index in [2.05, 4.69) is 31.1 Å². The van der Waals surface area contributed by atoms with Gasteiger partial charge in [0.2, 0.25) is 5.82 Å². The maximum Gasteiger partial charge on any atom is 0.204 e. The highest BCUT2D eigenvalue weighted by Crippen LogP contribution is 2.37. The fourth-order valence-corrected chi connectivity index (χ4v) is 5.42. The lowest BCUT2D eigenvalue weighted by Gasteiger charge is -2.20. The molecule has 0 saturated heterocycles. The molecule has 0 aliphatic heterocycles. The third kappa shape index (κ3) is 5.24. The number of nitrogens with zero attached hydrogens (tertiary/aromatic N) is 4. The van der Waals surface area contributed by atoms with Gasteiger partial charge in [-0.2, -0.15) is 0 Å². The fraction of sp³-hybridized carbons (Fsp3) is 0.292. The maximum atomic E-state index is 14.4. The number of aliphatic hydroxyl groups excluding tert-OH is 1. The monoisotopic (exact) mass is 594 g/mol. The second-order valence-electron chi connectivity index (χ2n) is 8.17. The molecule has 13 heteroatoms. The largest absolute Gasteiger partial charge is 0.494 e. The Kier molecular flexibility index (Phi) is 7.67. The molecule has 0 aliphatic carbocycles. The predicted octanol–water partition coefficient (Wildman–Crippen LogP) is 4.19. The van der Waals surface area contributed by atoms with Gasteiger partial charge in [0.25, 0.3) is 0 Å². The van der Waals surface area contributed by atoms with Crippen molar-refractivity contribution in [3.63, 3.8) is 0 Å². The Labute approximate surface area is 221 Å². The Hall–Kier alpha value is -3.29. The van der Waals surface area contributed by atoms with Crippen LogP contribution in [-0.4, -0.2) is 52.7 Å². The molecule has 0 radical (unpaired) electrons. The number of halogens is 2. The van der Waals surface area contributed by atoms with Gasteiger partial charge in [-0.25, -0.2) is 12.8 Å². The molecule has 4 rings (SSSR count). The highest BCUT2D eigenvalue weighted by atomic mass is 79.9. The summed E-state index contributed by atoms with van der Waals surface area (Å²) in [5.74, 6) is 0.457. The summed E-state index contributed by atoms with van der Waals surface area (Å²) in [7, 11) is -1.19. The van der Waals surface area contributed by atoms with Crippen LogP contribution in [0.25, 0.3) is 17.3 Å². The molecular weight excluding hydrogens is 571 g/mol. The predicted molar refractivity (Wildman–Crippen MR) is 136 cm³/mol. The number of ether oxygens (including phenoxy) is 2. The van der Waals surface area contributed by atoms with Crippen LogP contribution in [0.4, 0.5) is 4.39 Å². The number of pyridine rings is 1. The van der Waals surface area contributed by atoms with E-state index >= 15 is 0 Å². The van der Waals surface area contributed by atoms with E-state index in [4.69, 9.17) is 13.9 Å². The number of para-hydroxylation sites is 1. The first-order chi connectivity index (χ1) is 17.6. The summed E-state index contributed by atoms with van der Waals surface area (Å²) in [5, 5.41) is 17.6. The van der Waals surface area contributed by atoms with E-state index in [0.717, 1.165) is 6.07 Å². The number of aromatic nitrogens is 4. The van der Waals surface area contributed by atoms with Crippen LogP contribution in [0.5, 0.6) is 11.5 Å². The van der Waals surface area contributed by atoms with Gasteiger partial charge in [0.1, 0.15) is 46.3 Å². The molecule has 4 aromatic rings. The zero-order valence-corrected chi connectivity index (χ0v) is 22.7. The van der Waals surface area contributed by atoms with Crippen molar-refractivity contribution in [1.29, 1.82) is 0 Å². The summed E-state index contributed by atoms with van der Waals surface area (Å²) in [4.78, 5) is 3.86. The highest BCUT2D eigenvalue weighted by Gasteiger charge is 2.35. The van der Waals surface area contributed by atoms with Crippen LogP contribution in [0, 0.1) is 12.7 Å². The molecule has 0 aliphatic rings. The summed E-state index contributed by atoms with van der Waals surface area (Å²) < 4.78 is 59.9. The minimum atomic E-state index is -4.12. The van der Waals surface area contributed by atoms with Gasteiger partial charge in [-0.1, -0.05) is 6.07 Å².